The molecule has 0 aromatic heterocycles. The molecule has 0 radical (unpaired) electrons. The van der Waals surface area contributed by atoms with E-state index in [1.807, 2.05) is 20.8 Å². The number of rotatable bonds is 11. The van der Waals surface area contributed by atoms with Gasteiger partial charge < -0.3 is 15.2 Å². The highest BCUT2D eigenvalue weighted by Gasteiger charge is 2.32. The third kappa shape index (κ3) is 7.58. The van der Waals surface area contributed by atoms with Crippen molar-refractivity contribution in [1.29, 1.82) is 0 Å². The Morgan fingerprint density at radius 3 is 2.46 bits per heavy atom. The fraction of sp³-hybridized carbons (Fsp3) is 0.700. The summed E-state index contributed by atoms with van der Waals surface area (Å²) in [4.78, 5) is 2.22. The quantitative estimate of drug-likeness (QED) is 0.481. The van der Waals surface area contributed by atoms with Crippen molar-refractivity contribution < 1.29 is 18.3 Å². The van der Waals surface area contributed by atoms with Gasteiger partial charge in [0.05, 0.1) is 5.75 Å². The Morgan fingerprint density at radius 2 is 1.86 bits per heavy atom. The van der Waals surface area contributed by atoms with Crippen molar-refractivity contribution in [1.82, 2.24) is 10.2 Å². The van der Waals surface area contributed by atoms with Gasteiger partial charge in [-0.05, 0) is 44.5 Å². The van der Waals surface area contributed by atoms with Crippen LogP contribution in [0.5, 0.6) is 5.75 Å². The van der Waals surface area contributed by atoms with Gasteiger partial charge in [-0.3, -0.25) is 9.62 Å². The zero-order chi connectivity index (χ0) is 20.6. The molecule has 28 heavy (non-hydrogen) atoms. The number of β-amino-alcohol motifs (C(OH)–C–C–N with tert-alkyl or cyclic N) is 1. The molecule has 1 aliphatic rings. The monoisotopic (exact) mass is 413 g/mol. The van der Waals surface area contributed by atoms with E-state index >= 15 is 0 Å². The van der Waals surface area contributed by atoms with Crippen LogP contribution in [0.4, 0.5) is 5.69 Å². The first-order valence-electron chi connectivity index (χ1n) is 10.1. The Balaban J connectivity index is 1.89. The molecule has 1 aromatic rings. The summed E-state index contributed by atoms with van der Waals surface area (Å²) in [6.45, 7) is 10.0. The highest BCUT2D eigenvalue weighted by atomic mass is 32.2. The molecule has 1 unspecified atom stereocenters. The largest absolute Gasteiger partial charge is 0.485 e. The SMILES string of the molecule is CCCCCS(=O)(=O)Nc1ccc(OC(C)(C)C(O)CN2CCNCC2)cc1. The van der Waals surface area contributed by atoms with Crippen molar-refractivity contribution in [3.63, 3.8) is 0 Å². The van der Waals surface area contributed by atoms with Crippen LogP contribution in [-0.2, 0) is 10.0 Å². The van der Waals surface area contributed by atoms with Gasteiger partial charge in [-0.15, -0.1) is 0 Å². The number of ether oxygens (including phenoxy) is 1. The Bertz CT molecular complexity index is 686. The van der Waals surface area contributed by atoms with E-state index in [0.29, 0.717) is 24.4 Å². The third-order valence-electron chi connectivity index (χ3n) is 4.97. The molecule has 0 aliphatic carbocycles. The van der Waals surface area contributed by atoms with Gasteiger partial charge in [0.25, 0.3) is 0 Å². The maximum atomic E-state index is 12.1. The lowest BCUT2D eigenvalue weighted by atomic mass is 10.0. The fourth-order valence-corrected chi connectivity index (χ4v) is 4.28. The molecule has 1 atom stereocenters. The van der Waals surface area contributed by atoms with Gasteiger partial charge in [0.15, 0.2) is 0 Å². The first-order chi connectivity index (χ1) is 13.2. The van der Waals surface area contributed by atoms with Gasteiger partial charge >= 0.3 is 0 Å². The molecule has 0 saturated carbocycles. The predicted octanol–water partition coefficient (Wildman–Crippen LogP) is 2.04. The van der Waals surface area contributed by atoms with Crippen LogP contribution in [0.3, 0.4) is 0 Å². The van der Waals surface area contributed by atoms with Crippen LogP contribution in [0.1, 0.15) is 40.0 Å². The number of aliphatic hydroxyl groups excluding tert-OH is 1. The molecule has 3 N–H and O–H groups in total. The summed E-state index contributed by atoms with van der Waals surface area (Å²) in [6, 6.07) is 6.82. The number of unbranched alkanes of at least 4 members (excludes halogenated alkanes) is 2. The fourth-order valence-electron chi connectivity index (χ4n) is 3.09. The summed E-state index contributed by atoms with van der Waals surface area (Å²) >= 11 is 0. The van der Waals surface area contributed by atoms with E-state index in [-0.39, 0.29) is 5.75 Å². The first-order valence-corrected chi connectivity index (χ1v) is 11.8. The Morgan fingerprint density at radius 1 is 1.21 bits per heavy atom. The maximum absolute atomic E-state index is 12.1. The van der Waals surface area contributed by atoms with Crippen LogP contribution in [0.2, 0.25) is 0 Å². The van der Waals surface area contributed by atoms with Crippen molar-refractivity contribution in [2.24, 2.45) is 0 Å². The molecule has 160 valence electrons. The van der Waals surface area contributed by atoms with E-state index in [1.165, 1.54) is 0 Å². The van der Waals surface area contributed by atoms with E-state index in [1.54, 1.807) is 24.3 Å². The van der Waals surface area contributed by atoms with E-state index in [4.69, 9.17) is 4.74 Å². The Hall–Kier alpha value is -1.35. The molecule has 1 heterocycles. The lowest BCUT2D eigenvalue weighted by molar-refractivity contribution is -0.0455. The van der Waals surface area contributed by atoms with Crippen LogP contribution in [0, 0.1) is 0 Å². The number of hydrogen-bond acceptors (Lipinski definition) is 6. The van der Waals surface area contributed by atoms with Crippen LogP contribution in [0.25, 0.3) is 0 Å². The highest BCUT2D eigenvalue weighted by molar-refractivity contribution is 7.92. The summed E-state index contributed by atoms with van der Waals surface area (Å²) < 4.78 is 32.8. The van der Waals surface area contributed by atoms with E-state index in [9.17, 15) is 13.5 Å². The summed E-state index contributed by atoms with van der Waals surface area (Å²) in [6.07, 6.45) is 1.91. The Kier molecular flexibility index (Phi) is 8.55. The van der Waals surface area contributed by atoms with Gasteiger partial charge in [-0.25, -0.2) is 8.42 Å². The minimum Gasteiger partial charge on any atom is -0.485 e. The van der Waals surface area contributed by atoms with Gasteiger partial charge in [-0.1, -0.05) is 19.8 Å². The number of hydrogen-bond donors (Lipinski definition) is 3. The van der Waals surface area contributed by atoms with Crippen molar-refractivity contribution in [2.45, 2.75) is 51.7 Å². The lowest BCUT2D eigenvalue weighted by Crippen LogP contribution is -2.52. The molecule has 7 nitrogen and oxygen atoms in total. The van der Waals surface area contributed by atoms with Gasteiger partial charge in [-0.2, -0.15) is 0 Å². The predicted molar refractivity (Wildman–Crippen MR) is 113 cm³/mol. The van der Waals surface area contributed by atoms with Crippen molar-refractivity contribution in [3.05, 3.63) is 24.3 Å². The lowest BCUT2D eigenvalue weighted by Gasteiger charge is -2.36. The molecule has 1 saturated heterocycles. The maximum Gasteiger partial charge on any atom is 0.232 e. The smallest absolute Gasteiger partial charge is 0.232 e. The van der Waals surface area contributed by atoms with E-state index in [2.05, 4.69) is 14.9 Å². The number of anilines is 1. The molecular formula is C20H35N3O4S. The molecule has 1 aromatic carbocycles. The zero-order valence-corrected chi connectivity index (χ0v) is 18.1. The Labute approximate surface area is 169 Å². The molecule has 1 aliphatic heterocycles. The highest BCUT2D eigenvalue weighted by Crippen LogP contribution is 2.24. The standard InChI is InChI=1S/C20H35N3O4S/c1-4-5-6-15-28(25,26)22-17-7-9-18(10-8-17)27-20(2,3)19(24)16-23-13-11-21-12-14-23/h7-10,19,21-22,24H,4-6,11-16H2,1-3H3. The molecule has 0 spiro atoms. The van der Waals surface area contributed by atoms with Crippen LogP contribution in [-0.4, -0.2) is 68.6 Å². The van der Waals surface area contributed by atoms with Gasteiger partial charge in [0.1, 0.15) is 17.5 Å². The van der Waals surface area contributed by atoms with Crippen molar-refractivity contribution in [3.8, 4) is 5.75 Å². The number of nitrogens with zero attached hydrogens (tertiary/aromatic N) is 1. The number of benzene rings is 1. The number of aliphatic hydroxyl groups is 1. The molecule has 2 rings (SSSR count). The van der Waals surface area contributed by atoms with E-state index in [0.717, 1.165) is 39.0 Å². The summed E-state index contributed by atoms with van der Waals surface area (Å²) in [5.41, 5.74) is -0.241. The van der Waals surface area contributed by atoms with Crippen LogP contribution in [0.15, 0.2) is 24.3 Å². The second kappa shape index (κ2) is 10.4. The third-order valence-corrected chi connectivity index (χ3v) is 6.34. The van der Waals surface area contributed by atoms with Crippen LogP contribution >= 0.6 is 0 Å². The average molecular weight is 414 g/mol. The molecule has 1 fully saturated rings. The molecule has 0 amide bonds. The summed E-state index contributed by atoms with van der Waals surface area (Å²) in [5, 5.41) is 13.9. The minimum atomic E-state index is -3.33. The van der Waals surface area contributed by atoms with Gasteiger partial charge in [0.2, 0.25) is 10.0 Å². The minimum absolute atomic E-state index is 0.129. The zero-order valence-electron chi connectivity index (χ0n) is 17.3. The second-order valence-electron chi connectivity index (χ2n) is 7.92. The topological polar surface area (TPSA) is 90.9 Å². The average Bonchev–Trinajstić information content (AvgIpc) is 2.64. The number of sulfonamides is 1. The van der Waals surface area contributed by atoms with Gasteiger partial charge in [0, 0.05) is 38.4 Å². The first kappa shape index (κ1) is 22.9. The molecule has 0 bridgehead atoms. The molecule has 8 heteroatoms. The number of nitrogens with one attached hydrogen (secondary N) is 2. The normalized spacial score (nSPS) is 17.3. The van der Waals surface area contributed by atoms with Crippen molar-refractivity contribution >= 4 is 15.7 Å². The second-order valence-corrected chi connectivity index (χ2v) is 9.77. The molecular weight excluding hydrogens is 378 g/mol. The summed E-state index contributed by atoms with van der Waals surface area (Å²) in [7, 11) is -3.33. The number of piperazine rings is 1. The van der Waals surface area contributed by atoms with E-state index < -0.39 is 21.7 Å². The van der Waals surface area contributed by atoms with Crippen LogP contribution < -0.4 is 14.8 Å². The summed E-state index contributed by atoms with van der Waals surface area (Å²) in [5.74, 6) is 0.725. The van der Waals surface area contributed by atoms with Crippen molar-refractivity contribution in [2.75, 3.05) is 43.2 Å².